The fourth-order valence-electron chi connectivity index (χ4n) is 5.00. The second-order valence-electron chi connectivity index (χ2n) is 10.3. The van der Waals surface area contributed by atoms with Crippen LogP contribution in [0.5, 0.6) is 5.75 Å². The third kappa shape index (κ3) is 5.87. The molecule has 1 amide bonds. The highest BCUT2D eigenvalue weighted by Crippen LogP contribution is 2.37. The zero-order valence-electron chi connectivity index (χ0n) is 22.0. The van der Waals surface area contributed by atoms with Gasteiger partial charge in [0.15, 0.2) is 6.10 Å². The molecule has 1 saturated heterocycles. The van der Waals surface area contributed by atoms with Gasteiger partial charge >= 0.3 is 0 Å². The van der Waals surface area contributed by atoms with Gasteiger partial charge < -0.3 is 10.1 Å². The summed E-state index contributed by atoms with van der Waals surface area (Å²) in [6, 6.07) is 20.4. The van der Waals surface area contributed by atoms with E-state index in [4.69, 9.17) is 4.74 Å². The van der Waals surface area contributed by atoms with Crippen molar-refractivity contribution in [1.29, 1.82) is 0 Å². The van der Waals surface area contributed by atoms with Crippen LogP contribution in [0.15, 0.2) is 71.6 Å². The van der Waals surface area contributed by atoms with Crippen LogP contribution >= 0.6 is 0 Å². The first kappa shape index (κ1) is 26.3. The molecule has 1 atom stereocenters. The quantitative estimate of drug-likeness (QED) is 0.482. The topological polar surface area (TPSA) is 79.0 Å². The highest BCUT2D eigenvalue weighted by molar-refractivity contribution is 7.92. The Morgan fingerprint density at radius 3 is 2.26 bits per heavy atom. The van der Waals surface area contributed by atoms with E-state index >= 15 is 0 Å². The molecular formula is C30H35N3O4S. The molecule has 1 fully saturated rings. The van der Waals surface area contributed by atoms with Crippen LogP contribution in [-0.2, 0) is 27.9 Å². The number of benzene rings is 3. The molecule has 2 aliphatic rings. The zero-order valence-corrected chi connectivity index (χ0v) is 22.8. The van der Waals surface area contributed by atoms with E-state index in [1.807, 2.05) is 32.0 Å². The van der Waals surface area contributed by atoms with Crippen LogP contribution in [0, 0.1) is 13.8 Å². The summed E-state index contributed by atoms with van der Waals surface area (Å²) in [6.07, 6.45) is 2.88. The van der Waals surface area contributed by atoms with Crippen LogP contribution in [0.2, 0.25) is 0 Å². The SMILES string of the molecule is Cc1ccc(S(=O)(=O)N2C[C@@H](C(=O)NCc3ccc(CN4CCCCC4)cc3)Oc3cc(C)ccc32)cc1. The summed E-state index contributed by atoms with van der Waals surface area (Å²) >= 11 is 0. The van der Waals surface area contributed by atoms with Crippen LogP contribution in [0.4, 0.5) is 5.69 Å². The highest BCUT2D eigenvalue weighted by Gasteiger charge is 2.37. The number of likely N-dealkylation sites (tertiary alicyclic amines) is 1. The molecule has 8 heteroatoms. The van der Waals surface area contributed by atoms with E-state index in [0.29, 0.717) is 18.0 Å². The summed E-state index contributed by atoms with van der Waals surface area (Å²) in [4.78, 5) is 15.8. The molecule has 0 aromatic heterocycles. The summed E-state index contributed by atoms with van der Waals surface area (Å²) in [6.45, 7) is 7.30. The largest absolute Gasteiger partial charge is 0.476 e. The molecule has 0 saturated carbocycles. The maximum Gasteiger partial charge on any atom is 0.264 e. The molecule has 2 heterocycles. The molecule has 5 rings (SSSR count). The van der Waals surface area contributed by atoms with Crippen molar-refractivity contribution in [2.24, 2.45) is 0 Å². The molecule has 7 nitrogen and oxygen atoms in total. The summed E-state index contributed by atoms with van der Waals surface area (Å²) in [5, 5.41) is 2.94. The van der Waals surface area contributed by atoms with Gasteiger partial charge in [0.1, 0.15) is 5.75 Å². The van der Waals surface area contributed by atoms with E-state index in [9.17, 15) is 13.2 Å². The predicted octanol–water partition coefficient (Wildman–Crippen LogP) is 4.56. The number of piperidine rings is 1. The monoisotopic (exact) mass is 533 g/mol. The van der Waals surface area contributed by atoms with Gasteiger partial charge in [0, 0.05) is 13.1 Å². The molecule has 0 radical (unpaired) electrons. The summed E-state index contributed by atoms with van der Waals surface area (Å²) in [5.41, 5.74) is 4.57. The first-order valence-electron chi connectivity index (χ1n) is 13.2. The number of carbonyl (C=O) groups is 1. The summed E-state index contributed by atoms with van der Waals surface area (Å²) < 4.78 is 34.5. The number of amides is 1. The lowest BCUT2D eigenvalue weighted by Crippen LogP contribution is -2.50. The first-order valence-corrected chi connectivity index (χ1v) is 14.7. The highest BCUT2D eigenvalue weighted by atomic mass is 32.2. The van der Waals surface area contributed by atoms with Crippen molar-refractivity contribution in [3.63, 3.8) is 0 Å². The molecule has 1 N–H and O–H groups in total. The van der Waals surface area contributed by atoms with Crippen LogP contribution in [-0.4, -0.2) is 45.0 Å². The van der Waals surface area contributed by atoms with Gasteiger partial charge in [-0.15, -0.1) is 0 Å². The van der Waals surface area contributed by atoms with E-state index < -0.39 is 16.1 Å². The van der Waals surface area contributed by atoms with Crippen molar-refractivity contribution in [2.75, 3.05) is 23.9 Å². The number of hydrogen-bond donors (Lipinski definition) is 1. The summed E-state index contributed by atoms with van der Waals surface area (Å²) in [5.74, 6) is 0.0350. The lowest BCUT2D eigenvalue weighted by Gasteiger charge is -2.35. The number of nitrogens with zero attached hydrogens (tertiary/aromatic N) is 2. The predicted molar refractivity (Wildman–Crippen MR) is 149 cm³/mol. The lowest BCUT2D eigenvalue weighted by molar-refractivity contribution is -0.127. The number of rotatable bonds is 7. The first-order chi connectivity index (χ1) is 18.3. The number of carbonyl (C=O) groups excluding carboxylic acids is 1. The zero-order chi connectivity index (χ0) is 26.7. The third-order valence-electron chi connectivity index (χ3n) is 7.23. The Hall–Kier alpha value is -3.36. The molecule has 0 unspecified atom stereocenters. The fourth-order valence-corrected chi connectivity index (χ4v) is 6.48. The van der Waals surface area contributed by atoms with Gasteiger partial charge in [-0.05, 0) is 80.7 Å². The number of nitrogens with one attached hydrogen (secondary N) is 1. The van der Waals surface area contributed by atoms with Crippen LogP contribution in [0.25, 0.3) is 0 Å². The maximum absolute atomic E-state index is 13.6. The van der Waals surface area contributed by atoms with Crippen molar-refractivity contribution in [1.82, 2.24) is 10.2 Å². The van der Waals surface area contributed by atoms with E-state index in [0.717, 1.165) is 36.3 Å². The van der Waals surface area contributed by atoms with Gasteiger partial charge in [-0.3, -0.25) is 14.0 Å². The van der Waals surface area contributed by atoms with Gasteiger partial charge in [0.25, 0.3) is 15.9 Å². The average Bonchev–Trinajstić information content (AvgIpc) is 2.92. The number of aryl methyl sites for hydroxylation is 2. The Kier molecular flexibility index (Phi) is 7.72. The van der Waals surface area contributed by atoms with Crippen LogP contribution in [0.3, 0.4) is 0 Å². The van der Waals surface area contributed by atoms with E-state index in [1.165, 1.54) is 29.1 Å². The van der Waals surface area contributed by atoms with Crippen molar-refractivity contribution in [3.05, 3.63) is 89.0 Å². The maximum atomic E-state index is 13.6. The van der Waals surface area contributed by atoms with Gasteiger partial charge in [0.05, 0.1) is 17.1 Å². The minimum atomic E-state index is -3.89. The number of ether oxygens (including phenoxy) is 1. The van der Waals surface area contributed by atoms with Crippen molar-refractivity contribution in [2.45, 2.75) is 57.2 Å². The molecule has 2 aliphatic heterocycles. The Balaban J connectivity index is 1.28. The number of fused-ring (bicyclic) bond motifs is 1. The van der Waals surface area contributed by atoms with Crippen molar-refractivity contribution in [3.8, 4) is 5.75 Å². The van der Waals surface area contributed by atoms with Gasteiger partial charge in [-0.25, -0.2) is 8.42 Å². The Bertz CT molecular complexity index is 1380. The minimum absolute atomic E-state index is 0.104. The van der Waals surface area contributed by atoms with E-state index in [1.54, 1.807) is 36.4 Å². The molecule has 3 aromatic carbocycles. The van der Waals surface area contributed by atoms with Crippen LogP contribution in [0.1, 0.15) is 41.5 Å². The minimum Gasteiger partial charge on any atom is -0.476 e. The Morgan fingerprint density at radius 1 is 0.895 bits per heavy atom. The summed E-state index contributed by atoms with van der Waals surface area (Å²) in [7, 11) is -3.89. The van der Waals surface area contributed by atoms with Gasteiger partial charge in [-0.2, -0.15) is 0 Å². The number of hydrogen-bond acceptors (Lipinski definition) is 5. The normalized spacial score (nSPS) is 17.9. The van der Waals surface area contributed by atoms with E-state index in [-0.39, 0.29) is 17.3 Å². The van der Waals surface area contributed by atoms with Gasteiger partial charge in [-0.1, -0.05) is 54.4 Å². The molecule has 200 valence electrons. The van der Waals surface area contributed by atoms with Crippen molar-refractivity contribution < 1.29 is 17.9 Å². The second-order valence-corrected chi connectivity index (χ2v) is 12.2. The fraction of sp³-hybridized carbons (Fsp3) is 0.367. The molecule has 0 spiro atoms. The molecule has 3 aromatic rings. The lowest BCUT2D eigenvalue weighted by atomic mass is 10.1. The second kappa shape index (κ2) is 11.2. The average molecular weight is 534 g/mol. The molecule has 0 aliphatic carbocycles. The molecular weight excluding hydrogens is 498 g/mol. The van der Waals surface area contributed by atoms with Gasteiger partial charge in [0.2, 0.25) is 0 Å². The number of sulfonamides is 1. The Morgan fingerprint density at radius 2 is 1.55 bits per heavy atom. The van der Waals surface area contributed by atoms with Crippen LogP contribution < -0.4 is 14.4 Å². The molecule has 38 heavy (non-hydrogen) atoms. The molecule has 0 bridgehead atoms. The van der Waals surface area contributed by atoms with E-state index in [2.05, 4.69) is 22.3 Å². The van der Waals surface area contributed by atoms with Crippen molar-refractivity contribution >= 4 is 21.6 Å². The standard InChI is InChI=1S/C30H35N3O4S/c1-22-6-13-26(14-7-22)38(35,36)33-21-29(37-28-18-23(2)8-15-27(28)33)30(34)31-19-24-9-11-25(12-10-24)20-32-16-4-3-5-17-32/h6-15,18,29H,3-5,16-17,19-21H2,1-2H3,(H,31,34)/t29-/m0/s1. The third-order valence-corrected chi connectivity index (χ3v) is 9.02. The Labute approximate surface area is 225 Å². The number of anilines is 1. The smallest absolute Gasteiger partial charge is 0.264 e.